The van der Waals surface area contributed by atoms with Crippen molar-refractivity contribution in [3.63, 3.8) is 0 Å². The molecule has 0 bridgehead atoms. The van der Waals surface area contributed by atoms with Crippen molar-refractivity contribution in [2.45, 2.75) is 32.7 Å². The van der Waals surface area contributed by atoms with E-state index in [-0.39, 0.29) is 6.04 Å². The minimum absolute atomic E-state index is 0.267. The SMILES string of the molecule is CCC(NC(=S)NCCCOC)c1ccc(C)cc1. The summed E-state index contributed by atoms with van der Waals surface area (Å²) in [6.45, 7) is 5.85. The molecule has 0 aromatic heterocycles. The number of hydrogen-bond acceptors (Lipinski definition) is 2. The van der Waals surface area contributed by atoms with Crippen LogP contribution in [0.5, 0.6) is 0 Å². The molecule has 19 heavy (non-hydrogen) atoms. The van der Waals surface area contributed by atoms with Gasteiger partial charge in [0.15, 0.2) is 5.11 Å². The second-order valence-electron chi connectivity index (χ2n) is 4.62. The Hall–Kier alpha value is -1.13. The van der Waals surface area contributed by atoms with Gasteiger partial charge in [0.25, 0.3) is 0 Å². The van der Waals surface area contributed by atoms with E-state index in [9.17, 15) is 0 Å². The average molecular weight is 280 g/mol. The zero-order valence-corrected chi connectivity index (χ0v) is 12.8. The number of nitrogens with one attached hydrogen (secondary N) is 2. The standard InChI is InChI=1S/C15H24N2OS/c1-4-14(13-8-6-12(2)7-9-13)17-15(19)16-10-5-11-18-3/h6-9,14H,4-5,10-11H2,1-3H3,(H2,16,17,19). The normalized spacial score (nSPS) is 11.9. The van der Waals surface area contributed by atoms with E-state index >= 15 is 0 Å². The first-order valence-corrected chi connectivity index (χ1v) is 7.18. The fraction of sp³-hybridized carbons (Fsp3) is 0.533. The summed E-state index contributed by atoms with van der Waals surface area (Å²) in [4.78, 5) is 0. The summed E-state index contributed by atoms with van der Waals surface area (Å²) in [5.41, 5.74) is 2.55. The Morgan fingerprint density at radius 2 is 2.00 bits per heavy atom. The van der Waals surface area contributed by atoms with Gasteiger partial charge in [0.2, 0.25) is 0 Å². The Bertz CT molecular complexity index is 378. The van der Waals surface area contributed by atoms with Gasteiger partial charge in [0.05, 0.1) is 6.04 Å². The van der Waals surface area contributed by atoms with Crippen LogP contribution in [0.15, 0.2) is 24.3 Å². The molecular weight excluding hydrogens is 256 g/mol. The highest BCUT2D eigenvalue weighted by molar-refractivity contribution is 7.80. The maximum Gasteiger partial charge on any atom is 0.166 e. The predicted octanol–water partition coefficient (Wildman–Crippen LogP) is 2.95. The molecule has 0 saturated carbocycles. The summed E-state index contributed by atoms with van der Waals surface area (Å²) in [7, 11) is 1.71. The van der Waals surface area contributed by atoms with E-state index in [1.54, 1.807) is 7.11 Å². The first-order chi connectivity index (χ1) is 9.17. The van der Waals surface area contributed by atoms with Gasteiger partial charge >= 0.3 is 0 Å². The van der Waals surface area contributed by atoms with E-state index < -0.39 is 0 Å². The minimum Gasteiger partial charge on any atom is -0.385 e. The van der Waals surface area contributed by atoms with E-state index in [2.05, 4.69) is 48.7 Å². The van der Waals surface area contributed by atoms with Gasteiger partial charge in [-0.05, 0) is 37.5 Å². The molecule has 1 unspecified atom stereocenters. The van der Waals surface area contributed by atoms with Crippen LogP contribution in [0.4, 0.5) is 0 Å². The second kappa shape index (κ2) is 8.88. The molecule has 0 amide bonds. The van der Waals surface area contributed by atoms with Gasteiger partial charge in [-0.15, -0.1) is 0 Å². The van der Waals surface area contributed by atoms with Crippen LogP contribution in [0.1, 0.15) is 36.9 Å². The van der Waals surface area contributed by atoms with Gasteiger partial charge < -0.3 is 15.4 Å². The Labute approximate surface area is 121 Å². The van der Waals surface area contributed by atoms with Crippen LogP contribution in [0.3, 0.4) is 0 Å². The predicted molar refractivity (Wildman–Crippen MR) is 84.4 cm³/mol. The summed E-state index contributed by atoms with van der Waals surface area (Å²) in [6, 6.07) is 8.85. The van der Waals surface area contributed by atoms with Crippen LogP contribution >= 0.6 is 12.2 Å². The third-order valence-corrected chi connectivity index (χ3v) is 3.27. The summed E-state index contributed by atoms with van der Waals surface area (Å²) >= 11 is 5.31. The molecule has 0 aliphatic carbocycles. The van der Waals surface area contributed by atoms with Crippen molar-refractivity contribution in [1.82, 2.24) is 10.6 Å². The number of benzene rings is 1. The van der Waals surface area contributed by atoms with Crippen LogP contribution in [0.25, 0.3) is 0 Å². The molecule has 0 aliphatic rings. The molecule has 106 valence electrons. The summed E-state index contributed by atoms with van der Waals surface area (Å²) in [5, 5.41) is 7.27. The fourth-order valence-corrected chi connectivity index (χ4v) is 2.09. The third-order valence-electron chi connectivity index (χ3n) is 3.00. The monoisotopic (exact) mass is 280 g/mol. The van der Waals surface area contributed by atoms with Crippen LogP contribution in [-0.4, -0.2) is 25.4 Å². The number of ether oxygens (including phenoxy) is 1. The lowest BCUT2D eigenvalue weighted by atomic mass is 10.0. The Balaban J connectivity index is 2.43. The molecule has 4 heteroatoms. The van der Waals surface area contributed by atoms with Crippen LogP contribution in [0, 0.1) is 6.92 Å². The molecule has 1 atom stereocenters. The molecule has 2 N–H and O–H groups in total. The molecule has 1 aromatic carbocycles. The Kier molecular flexibility index (Phi) is 7.45. The number of thiocarbonyl (C=S) groups is 1. The first-order valence-electron chi connectivity index (χ1n) is 6.77. The van der Waals surface area contributed by atoms with Crippen molar-refractivity contribution in [1.29, 1.82) is 0 Å². The zero-order chi connectivity index (χ0) is 14.1. The molecule has 0 radical (unpaired) electrons. The van der Waals surface area contributed by atoms with Crippen molar-refractivity contribution in [3.05, 3.63) is 35.4 Å². The van der Waals surface area contributed by atoms with E-state index in [1.807, 2.05) is 0 Å². The number of aryl methyl sites for hydroxylation is 1. The van der Waals surface area contributed by atoms with Crippen LogP contribution < -0.4 is 10.6 Å². The van der Waals surface area contributed by atoms with Gasteiger partial charge in [-0.2, -0.15) is 0 Å². The van der Waals surface area contributed by atoms with Crippen molar-refractivity contribution < 1.29 is 4.74 Å². The Morgan fingerprint density at radius 3 is 2.58 bits per heavy atom. The van der Waals surface area contributed by atoms with Crippen LogP contribution in [0.2, 0.25) is 0 Å². The van der Waals surface area contributed by atoms with E-state index in [1.165, 1.54) is 11.1 Å². The molecule has 0 aliphatic heterocycles. The lowest BCUT2D eigenvalue weighted by Crippen LogP contribution is -2.38. The number of methoxy groups -OCH3 is 1. The molecule has 0 spiro atoms. The number of rotatable bonds is 7. The molecule has 3 nitrogen and oxygen atoms in total. The van der Waals surface area contributed by atoms with Crippen molar-refractivity contribution >= 4 is 17.3 Å². The summed E-state index contributed by atoms with van der Waals surface area (Å²) in [5.74, 6) is 0. The fourth-order valence-electron chi connectivity index (χ4n) is 1.85. The highest BCUT2D eigenvalue weighted by atomic mass is 32.1. The van der Waals surface area contributed by atoms with Crippen molar-refractivity contribution in [2.24, 2.45) is 0 Å². The lowest BCUT2D eigenvalue weighted by molar-refractivity contribution is 0.195. The third kappa shape index (κ3) is 6.03. The number of hydrogen-bond donors (Lipinski definition) is 2. The molecular formula is C15H24N2OS. The highest BCUT2D eigenvalue weighted by Gasteiger charge is 2.09. The van der Waals surface area contributed by atoms with Gasteiger partial charge in [-0.25, -0.2) is 0 Å². The van der Waals surface area contributed by atoms with E-state index in [0.717, 1.165) is 26.0 Å². The maximum absolute atomic E-state index is 5.31. The summed E-state index contributed by atoms with van der Waals surface area (Å²) in [6.07, 6.45) is 1.96. The molecule has 0 heterocycles. The zero-order valence-electron chi connectivity index (χ0n) is 12.0. The molecule has 0 saturated heterocycles. The molecule has 0 fully saturated rings. The Morgan fingerprint density at radius 1 is 1.32 bits per heavy atom. The van der Waals surface area contributed by atoms with Gasteiger partial charge in [0.1, 0.15) is 0 Å². The average Bonchev–Trinajstić information content (AvgIpc) is 2.42. The quantitative estimate of drug-likeness (QED) is 0.594. The van der Waals surface area contributed by atoms with E-state index in [0.29, 0.717) is 5.11 Å². The van der Waals surface area contributed by atoms with Crippen molar-refractivity contribution in [3.8, 4) is 0 Å². The topological polar surface area (TPSA) is 33.3 Å². The van der Waals surface area contributed by atoms with Crippen molar-refractivity contribution in [2.75, 3.05) is 20.3 Å². The molecule has 1 rings (SSSR count). The van der Waals surface area contributed by atoms with Gasteiger partial charge in [-0.3, -0.25) is 0 Å². The summed E-state index contributed by atoms with van der Waals surface area (Å²) < 4.78 is 5.00. The van der Waals surface area contributed by atoms with Gasteiger partial charge in [-0.1, -0.05) is 36.8 Å². The van der Waals surface area contributed by atoms with Gasteiger partial charge in [0, 0.05) is 20.3 Å². The maximum atomic E-state index is 5.31. The van der Waals surface area contributed by atoms with Crippen LogP contribution in [-0.2, 0) is 4.74 Å². The van der Waals surface area contributed by atoms with E-state index in [4.69, 9.17) is 17.0 Å². The molecule has 1 aromatic rings. The second-order valence-corrected chi connectivity index (χ2v) is 5.03. The minimum atomic E-state index is 0.267. The lowest BCUT2D eigenvalue weighted by Gasteiger charge is -2.20. The largest absolute Gasteiger partial charge is 0.385 e. The first kappa shape index (κ1) is 15.9. The highest BCUT2D eigenvalue weighted by Crippen LogP contribution is 2.16. The smallest absolute Gasteiger partial charge is 0.166 e.